The van der Waals surface area contributed by atoms with Crippen LogP contribution in [0.15, 0.2) is 30.3 Å². The number of carbonyl (C=O) groups is 3. The zero-order valence-electron chi connectivity index (χ0n) is 22.2. The van der Waals surface area contributed by atoms with E-state index < -0.39 is 47.1 Å². The Kier molecular flexibility index (Phi) is 6.99. The van der Waals surface area contributed by atoms with Crippen LogP contribution in [0.3, 0.4) is 0 Å². The molecule has 198 valence electrons. The molecule has 3 aliphatic heterocycles. The number of fused-ring (bicyclic) bond motifs is 1. The van der Waals surface area contributed by atoms with Gasteiger partial charge >= 0.3 is 5.97 Å². The number of hydrogen-bond donors (Lipinski definition) is 2. The Bertz CT molecular complexity index is 1000. The van der Waals surface area contributed by atoms with E-state index in [1.54, 1.807) is 6.92 Å². The van der Waals surface area contributed by atoms with Crippen molar-refractivity contribution in [2.45, 2.75) is 90.1 Å². The number of rotatable bonds is 8. The lowest BCUT2D eigenvalue weighted by atomic mass is 9.70. The van der Waals surface area contributed by atoms with Crippen molar-refractivity contribution in [1.82, 2.24) is 10.2 Å². The van der Waals surface area contributed by atoms with Gasteiger partial charge in [0.15, 0.2) is 0 Å². The smallest absolute Gasteiger partial charge is 0.312 e. The van der Waals surface area contributed by atoms with Crippen LogP contribution < -0.4 is 5.32 Å². The molecule has 1 aromatic carbocycles. The van der Waals surface area contributed by atoms with E-state index in [9.17, 15) is 19.5 Å². The van der Waals surface area contributed by atoms with Crippen molar-refractivity contribution in [2.75, 3.05) is 13.2 Å². The Hall–Kier alpha value is -2.45. The molecule has 0 radical (unpaired) electrons. The maximum Gasteiger partial charge on any atom is 0.312 e. The highest BCUT2D eigenvalue weighted by atomic mass is 16.6. The van der Waals surface area contributed by atoms with Crippen molar-refractivity contribution in [3.8, 4) is 0 Å². The summed E-state index contributed by atoms with van der Waals surface area (Å²) in [5.74, 6) is -2.71. The number of aliphatic hydroxyl groups excluding tert-OH is 1. The minimum atomic E-state index is -1.14. The largest absolute Gasteiger partial charge is 0.466 e. The van der Waals surface area contributed by atoms with Crippen LogP contribution in [-0.2, 0) is 23.9 Å². The van der Waals surface area contributed by atoms with Crippen molar-refractivity contribution >= 4 is 17.8 Å². The van der Waals surface area contributed by atoms with E-state index in [1.807, 2.05) is 44.2 Å². The summed E-state index contributed by atoms with van der Waals surface area (Å²) in [7, 11) is 0. The molecule has 3 fully saturated rings. The highest BCUT2D eigenvalue weighted by Crippen LogP contribution is 2.59. The van der Waals surface area contributed by atoms with Crippen LogP contribution in [0, 0.1) is 17.3 Å². The predicted molar refractivity (Wildman–Crippen MR) is 134 cm³/mol. The van der Waals surface area contributed by atoms with Gasteiger partial charge in [0.05, 0.1) is 37.2 Å². The number of nitrogens with one attached hydrogen (secondary N) is 1. The third kappa shape index (κ3) is 4.54. The lowest BCUT2D eigenvalue weighted by molar-refractivity contribution is -0.155. The van der Waals surface area contributed by atoms with E-state index >= 15 is 0 Å². The Morgan fingerprint density at radius 3 is 2.47 bits per heavy atom. The maximum atomic E-state index is 14.1. The van der Waals surface area contributed by atoms with E-state index in [-0.39, 0.29) is 30.4 Å². The summed E-state index contributed by atoms with van der Waals surface area (Å²) in [6, 6.07) is 7.48. The normalized spacial score (nSPS) is 30.3. The van der Waals surface area contributed by atoms with Gasteiger partial charge in [0.1, 0.15) is 11.6 Å². The van der Waals surface area contributed by atoms with Gasteiger partial charge in [-0.1, -0.05) is 51.1 Å². The summed E-state index contributed by atoms with van der Waals surface area (Å²) in [5, 5.41) is 13.7. The average molecular weight is 501 g/mol. The highest BCUT2D eigenvalue weighted by Gasteiger charge is 2.75. The summed E-state index contributed by atoms with van der Waals surface area (Å²) in [6.45, 7) is 11.9. The van der Waals surface area contributed by atoms with Gasteiger partial charge in [-0.2, -0.15) is 0 Å². The van der Waals surface area contributed by atoms with Crippen LogP contribution in [-0.4, -0.2) is 64.3 Å². The first kappa shape index (κ1) is 26.6. The first-order valence-corrected chi connectivity index (χ1v) is 13.0. The van der Waals surface area contributed by atoms with Crippen LogP contribution in [0.4, 0.5) is 0 Å². The molecule has 2 bridgehead atoms. The summed E-state index contributed by atoms with van der Waals surface area (Å²) in [5.41, 5.74) is -0.989. The fourth-order valence-corrected chi connectivity index (χ4v) is 7.03. The molecule has 3 aliphatic rings. The first-order chi connectivity index (χ1) is 16.8. The van der Waals surface area contributed by atoms with Crippen molar-refractivity contribution in [2.24, 2.45) is 17.3 Å². The third-order valence-electron chi connectivity index (χ3n) is 7.67. The lowest BCUT2D eigenvalue weighted by Crippen LogP contribution is -2.60. The van der Waals surface area contributed by atoms with Crippen LogP contribution in [0.25, 0.3) is 0 Å². The highest BCUT2D eigenvalue weighted by molar-refractivity contribution is 5.98. The molecule has 4 rings (SSSR count). The molecule has 6 atom stereocenters. The quantitative estimate of drug-likeness (QED) is 0.532. The molecule has 3 heterocycles. The second kappa shape index (κ2) is 9.45. The van der Waals surface area contributed by atoms with Gasteiger partial charge in [-0.05, 0) is 51.0 Å². The van der Waals surface area contributed by atoms with E-state index in [0.29, 0.717) is 12.8 Å². The molecule has 2 N–H and O–H groups in total. The predicted octanol–water partition coefficient (Wildman–Crippen LogP) is 2.99. The number of ether oxygens (including phenoxy) is 2. The Labute approximate surface area is 213 Å². The molecular weight excluding hydrogens is 460 g/mol. The molecule has 3 saturated heterocycles. The molecule has 0 saturated carbocycles. The average Bonchev–Trinajstić information content (AvgIpc) is 3.41. The van der Waals surface area contributed by atoms with Crippen molar-refractivity contribution < 1.29 is 29.0 Å². The van der Waals surface area contributed by atoms with E-state index in [4.69, 9.17) is 9.47 Å². The molecular formula is C28H40N2O6. The van der Waals surface area contributed by atoms with Gasteiger partial charge in [0, 0.05) is 5.54 Å². The van der Waals surface area contributed by atoms with Crippen molar-refractivity contribution in [3.63, 3.8) is 0 Å². The molecule has 0 unspecified atom stereocenters. The topological polar surface area (TPSA) is 105 Å². The lowest BCUT2D eigenvalue weighted by Gasteiger charge is -2.40. The molecule has 2 amide bonds. The first-order valence-electron chi connectivity index (χ1n) is 13.0. The molecule has 8 heteroatoms. The minimum Gasteiger partial charge on any atom is -0.466 e. The number of amides is 2. The summed E-state index contributed by atoms with van der Waals surface area (Å²) < 4.78 is 11.8. The third-order valence-corrected chi connectivity index (χ3v) is 7.67. The number of esters is 1. The van der Waals surface area contributed by atoms with Crippen molar-refractivity contribution in [1.29, 1.82) is 0 Å². The van der Waals surface area contributed by atoms with E-state index in [0.717, 1.165) is 12.0 Å². The SMILES string of the molecule is CCOC(=O)[C@@H]1[C@@H]2CC[C@]3(O2)[C@H](C(=O)NC(C)(C)CC(C)(C)C)N([C@H](CO)c2ccccc2)C(=O)[C@@H]13. The maximum absolute atomic E-state index is 14.1. The Morgan fingerprint density at radius 2 is 1.89 bits per heavy atom. The standard InChI is InChI=1S/C28H40N2O6/c1-7-35-25(34)20-19-13-14-28(36-19)21(20)24(33)30(18(15-31)17-11-9-8-10-12-17)22(28)23(32)29-27(5,6)16-26(2,3)4/h8-12,18-22,31H,7,13-16H2,1-6H3,(H,29,32)/t18-,19+,20-,21-,22+,28-/m1/s1. The second-order valence-corrected chi connectivity index (χ2v) is 12.3. The minimum absolute atomic E-state index is 0.0300. The Morgan fingerprint density at radius 1 is 1.22 bits per heavy atom. The van der Waals surface area contributed by atoms with Gasteiger partial charge in [-0.25, -0.2) is 0 Å². The number of hydrogen-bond acceptors (Lipinski definition) is 6. The van der Waals surface area contributed by atoms with Gasteiger partial charge in [0.25, 0.3) is 0 Å². The zero-order chi connectivity index (χ0) is 26.5. The number of likely N-dealkylation sites (tertiary alicyclic amines) is 1. The molecule has 1 aromatic rings. The van der Waals surface area contributed by atoms with Gasteiger partial charge in [-0.3, -0.25) is 14.4 Å². The second-order valence-electron chi connectivity index (χ2n) is 12.3. The van der Waals surface area contributed by atoms with Gasteiger partial charge < -0.3 is 24.8 Å². The number of carbonyl (C=O) groups excluding carboxylic acids is 3. The van der Waals surface area contributed by atoms with Gasteiger partial charge in [-0.15, -0.1) is 0 Å². The molecule has 8 nitrogen and oxygen atoms in total. The van der Waals surface area contributed by atoms with Crippen LogP contribution in [0.5, 0.6) is 0 Å². The Balaban J connectivity index is 1.77. The summed E-state index contributed by atoms with van der Waals surface area (Å²) >= 11 is 0. The van der Waals surface area contributed by atoms with Crippen molar-refractivity contribution in [3.05, 3.63) is 35.9 Å². The molecule has 36 heavy (non-hydrogen) atoms. The van der Waals surface area contributed by atoms with Crippen LogP contribution in [0.2, 0.25) is 0 Å². The van der Waals surface area contributed by atoms with E-state index in [1.165, 1.54) is 4.90 Å². The monoisotopic (exact) mass is 500 g/mol. The van der Waals surface area contributed by atoms with E-state index in [2.05, 4.69) is 26.1 Å². The molecule has 0 aliphatic carbocycles. The zero-order valence-corrected chi connectivity index (χ0v) is 22.2. The fraction of sp³-hybridized carbons (Fsp3) is 0.679. The summed E-state index contributed by atoms with van der Waals surface area (Å²) in [6.07, 6.45) is 1.33. The number of nitrogens with zero attached hydrogens (tertiary/aromatic N) is 1. The summed E-state index contributed by atoms with van der Waals surface area (Å²) in [4.78, 5) is 42.7. The molecule has 0 aromatic heterocycles. The fourth-order valence-electron chi connectivity index (χ4n) is 7.03. The van der Waals surface area contributed by atoms with Crippen LogP contribution >= 0.6 is 0 Å². The van der Waals surface area contributed by atoms with Gasteiger partial charge in [0.2, 0.25) is 11.8 Å². The van der Waals surface area contributed by atoms with Crippen LogP contribution in [0.1, 0.15) is 72.4 Å². The number of aliphatic hydroxyl groups is 1. The number of benzene rings is 1. The molecule has 1 spiro atoms.